The van der Waals surface area contributed by atoms with Crippen LogP contribution in [0.5, 0.6) is 5.75 Å². The summed E-state index contributed by atoms with van der Waals surface area (Å²) in [6.45, 7) is 2.56. The van der Waals surface area contributed by atoms with E-state index < -0.39 is 10.8 Å². The predicted octanol–water partition coefficient (Wildman–Crippen LogP) is 1.46. The topological polar surface area (TPSA) is 64.3 Å². The van der Waals surface area contributed by atoms with Crippen LogP contribution in [0, 0.1) is 0 Å². The summed E-state index contributed by atoms with van der Waals surface area (Å²) in [4.78, 5) is 0. The molecule has 0 amide bonds. The average molecular weight is 242 g/mol. The van der Waals surface area contributed by atoms with Crippen LogP contribution in [-0.4, -0.2) is 29.4 Å². The molecule has 0 saturated heterocycles. The van der Waals surface area contributed by atoms with E-state index in [1.54, 1.807) is 13.4 Å². The van der Waals surface area contributed by atoms with Crippen molar-refractivity contribution in [2.24, 2.45) is 0 Å². The highest BCUT2D eigenvalue weighted by Crippen LogP contribution is 2.28. The number of hydrogen-bond acceptors (Lipinski definition) is 4. The van der Waals surface area contributed by atoms with E-state index in [0.29, 0.717) is 18.0 Å². The zero-order valence-electron chi connectivity index (χ0n) is 9.82. The Morgan fingerprint density at radius 3 is 2.81 bits per heavy atom. The Balaban J connectivity index is 2.71. The van der Waals surface area contributed by atoms with Crippen LogP contribution in [-0.2, 0) is 10.8 Å². The molecule has 0 aliphatic carbocycles. The Hall–Kier alpha value is -1.23. The third-order valence-electron chi connectivity index (χ3n) is 2.43. The standard InChI is InChI=1S/C11H18N2O2S/c1-8(16(3)14)7-13-9-5-4-6-10(15-2)11(9)12/h4-6,8,13H,7,12H2,1-3H3. The van der Waals surface area contributed by atoms with Crippen LogP contribution in [0.1, 0.15) is 6.92 Å². The number of rotatable bonds is 5. The second kappa shape index (κ2) is 5.75. The first-order valence-electron chi connectivity index (χ1n) is 5.04. The lowest BCUT2D eigenvalue weighted by Gasteiger charge is -2.14. The molecule has 1 rings (SSSR count). The van der Waals surface area contributed by atoms with E-state index in [1.807, 2.05) is 25.1 Å². The normalized spacial score (nSPS) is 14.2. The fourth-order valence-electron chi connectivity index (χ4n) is 1.25. The Morgan fingerprint density at radius 1 is 1.56 bits per heavy atom. The van der Waals surface area contributed by atoms with Crippen LogP contribution in [0.25, 0.3) is 0 Å². The van der Waals surface area contributed by atoms with E-state index >= 15 is 0 Å². The number of nitrogens with one attached hydrogen (secondary N) is 1. The van der Waals surface area contributed by atoms with Crippen LogP contribution in [0.2, 0.25) is 0 Å². The average Bonchev–Trinajstić information content (AvgIpc) is 2.27. The molecule has 0 spiro atoms. The molecule has 1 aromatic rings. The summed E-state index contributed by atoms with van der Waals surface area (Å²) < 4.78 is 16.3. The van der Waals surface area contributed by atoms with E-state index in [0.717, 1.165) is 5.69 Å². The van der Waals surface area contributed by atoms with Crippen molar-refractivity contribution in [3.8, 4) is 5.75 Å². The van der Waals surface area contributed by atoms with Gasteiger partial charge in [0.15, 0.2) is 0 Å². The summed E-state index contributed by atoms with van der Waals surface area (Å²) in [5.74, 6) is 0.648. The molecule has 5 heteroatoms. The maximum Gasteiger partial charge on any atom is 0.143 e. The van der Waals surface area contributed by atoms with Gasteiger partial charge in [0, 0.05) is 28.9 Å². The molecule has 2 atom stereocenters. The monoisotopic (exact) mass is 242 g/mol. The Kier molecular flexibility index (Phi) is 4.61. The molecule has 0 aliphatic rings. The SMILES string of the molecule is COc1cccc(NCC(C)S(C)=O)c1N. The summed E-state index contributed by atoms with van der Waals surface area (Å²) in [5.41, 5.74) is 7.29. The summed E-state index contributed by atoms with van der Waals surface area (Å²) in [5, 5.41) is 3.26. The number of methoxy groups -OCH3 is 1. The van der Waals surface area contributed by atoms with Crippen molar-refractivity contribution >= 4 is 22.2 Å². The van der Waals surface area contributed by atoms with E-state index in [-0.39, 0.29) is 5.25 Å². The molecule has 0 aromatic heterocycles. The zero-order chi connectivity index (χ0) is 12.1. The molecule has 0 heterocycles. The quantitative estimate of drug-likeness (QED) is 0.767. The fraction of sp³-hybridized carbons (Fsp3) is 0.455. The maximum atomic E-state index is 11.2. The number of para-hydroxylation sites is 1. The smallest absolute Gasteiger partial charge is 0.143 e. The largest absolute Gasteiger partial charge is 0.495 e. The van der Waals surface area contributed by atoms with Crippen molar-refractivity contribution in [3.63, 3.8) is 0 Å². The Morgan fingerprint density at radius 2 is 2.25 bits per heavy atom. The molecule has 2 unspecified atom stereocenters. The lowest BCUT2D eigenvalue weighted by molar-refractivity contribution is 0.417. The van der Waals surface area contributed by atoms with Gasteiger partial charge in [0.2, 0.25) is 0 Å². The number of anilines is 2. The summed E-state index contributed by atoms with van der Waals surface area (Å²) >= 11 is 0. The lowest BCUT2D eigenvalue weighted by Crippen LogP contribution is -2.21. The van der Waals surface area contributed by atoms with Gasteiger partial charge in [-0.05, 0) is 19.1 Å². The highest BCUT2D eigenvalue weighted by molar-refractivity contribution is 7.84. The Labute approximate surface area is 98.6 Å². The Bertz CT molecular complexity index is 382. The van der Waals surface area contributed by atoms with Crippen molar-refractivity contribution in [2.45, 2.75) is 12.2 Å². The molecule has 90 valence electrons. The van der Waals surface area contributed by atoms with E-state index in [9.17, 15) is 4.21 Å². The first-order valence-corrected chi connectivity index (χ1v) is 6.67. The molecule has 0 fully saturated rings. The van der Waals surface area contributed by atoms with Crippen molar-refractivity contribution in [1.82, 2.24) is 0 Å². The second-order valence-corrected chi connectivity index (χ2v) is 5.41. The predicted molar refractivity (Wildman–Crippen MR) is 69.4 cm³/mol. The number of ether oxygens (including phenoxy) is 1. The van der Waals surface area contributed by atoms with E-state index in [1.165, 1.54) is 0 Å². The lowest BCUT2D eigenvalue weighted by atomic mass is 10.2. The third-order valence-corrected chi connectivity index (χ3v) is 3.73. The molecule has 0 saturated carbocycles. The zero-order valence-corrected chi connectivity index (χ0v) is 10.6. The van der Waals surface area contributed by atoms with E-state index in [2.05, 4.69) is 5.32 Å². The molecule has 3 N–H and O–H groups in total. The number of nitrogen functional groups attached to an aromatic ring is 1. The number of benzene rings is 1. The molecule has 0 aliphatic heterocycles. The molecule has 16 heavy (non-hydrogen) atoms. The molecule has 0 radical (unpaired) electrons. The summed E-state index contributed by atoms with van der Waals surface area (Å²) in [7, 11) is 0.750. The van der Waals surface area contributed by atoms with Crippen LogP contribution in [0.3, 0.4) is 0 Å². The minimum Gasteiger partial charge on any atom is -0.495 e. The third kappa shape index (κ3) is 3.13. The van der Waals surface area contributed by atoms with Gasteiger partial charge in [0.05, 0.1) is 18.5 Å². The first-order chi connectivity index (χ1) is 7.56. The molecule has 1 aromatic carbocycles. The van der Waals surface area contributed by atoms with E-state index in [4.69, 9.17) is 10.5 Å². The van der Waals surface area contributed by atoms with Crippen LogP contribution < -0.4 is 15.8 Å². The molecular formula is C11H18N2O2S. The fourth-order valence-corrected chi connectivity index (χ4v) is 1.57. The highest BCUT2D eigenvalue weighted by atomic mass is 32.2. The minimum atomic E-state index is -0.832. The van der Waals surface area contributed by atoms with Crippen molar-refractivity contribution in [3.05, 3.63) is 18.2 Å². The summed E-state index contributed by atoms with van der Waals surface area (Å²) in [6.07, 6.45) is 1.70. The van der Waals surface area contributed by atoms with Crippen LogP contribution in [0.4, 0.5) is 11.4 Å². The van der Waals surface area contributed by atoms with Crippen molar-refractivity contribution in [2.75, 3.05) is 31.0 Å². The molecular weight excluding hydrogens is 224 g/mol. The first kappa shape index (κ1) is 12.8. The van der Waals surface area contributed by atoms with Gasteiger partial charge in [-0.15, -0.1) is 0 Å². The van der Waals surface area contributed by atoms with Crippen LogP contribution in [0.15, 0.2) is 18.2 Å². The van der Waals surface area contributed by atoms with Gasteiger partial charge in [-0.3, -0.25) is 4.21 Å². The van der Waals surface area contributed by atoms with Gasteiger partial charge in [0.25, 0.3) is 0 Å². The van der Waals surface area contributed by atoms with Gasteiger partial charge in [-0.2, -0.15) is 0 Å². The van der Waals surface area contributed by atoms with Crippen LogP contribution >= 0.6 is 0 Å². The van der Waals surface area contributed by atoms with Gasteiger partial charge in [-0.1, -0.05) is 6.07 Å². The molecule has 0 bridgehead atoms. The van der Waals surface area contributed by atoms with Gasteiger partial charge < -0.3 is 15.8 Å². The van der Waals surface area contributed by atoms with Crippen molar-refractivity contribution in [1.29, 1.82) is 0 Å². The van der Waals surface area contributed by atoms with Gasteiger partial charge >= 0.3 is 0 Å². The maximum absolute atomic E-state index is 11.2. The summed E-state index contributed by atoms with van der Waals surface area (Å²) in [6, 6.07) is 5.55. The second-order valence-electron chi connectivity index (χ2n) is 3.61. The molecule has 4 nitrogen and oxygen atoms in total. The number of hydrogen-bond donors (Lipinski definition) is 2. The van der Waals surface area contributed by atoms with Gasteiger partial charge in [0.1, 0.15) is 5.75 Å². The number of nitrogens with two attached hydrogens (primary N) is 1. The highest BCUT2D eigenvalue weighted by Gasteiger charge is 2.08. The van der Waals surface area contributed by atoms with Crippen molar-refractivity contribution < 1.29 is 8.95 Å². The minimum absolute atomic E-state index is 0.0885. The van der Waals surface area contributed by atoms with Gasteiger partial charge in [-0.25, -0.2) is 0 Å².